The van der Waals surface area contributed by atoms with E-state index >= 15 is 0 Å². The van der Waals surface area contributed by atoms with Gasteiger partial charge in [-0.3, -0.25) is 0 Å². The van der Waals surface area contributed by atoms with Gasteiger partial charge in [-0.25, -0.2) is 9.97 Å². The number of piperidine rings is 1. The zero-order valence-corrected chi connectivity index (χ0v) is 11.7. The number of aromatic nitrogens is 2. The topological polar surface area (TPSA) is 41.1 Å². The maximum atomic E-state index is 4.44. The van der Waals surface area contributed by atoms with Crippen molar-refractivity contribution in [3.8, 4) is 0 Å². The molecule has 1 aromatic heterocycles. The van der Waals surface area contributed by atoms with E-state index in [1.54, 1.807) is 0 Å². The molecule has 4 nitrogen and oxygen atoms in total. The van der Waals surface area contributed by atoms with Gasteiger partial charge in [0.05, 0.1) is 0 Å². The lowest BCUT2D eigenvalue weighted by Gasteiger charge is -2.29. The summed E-state index contributed by atoms with van der Waals surface area (Å²) in [6, 6.07) is 0. The second-order valence-electron chi connectivity index (χ2n) is 5.43. The number of hydrogen-bond donors (Lipinski definition) is 1. The number of anilines is 1. The predicted molar refractivity (Wildman–Crippen MR) is 74.8 cm³/mol. The van der Waals surface area contributed by atoms with E-state index in [0.29, 0.717) is 0 Å². The predicted octanol–water partition coefficient (Wildman–Crippen LogP) is 2.24. The van der Waals surface area contributed by atoms with Crippen LogP contribution in [0.2, 0.25) is 0 Å². The average Bonchev–Trinajstić information content (AvgIpc) is 2.34. The molecule has 0 bridgehead atoms. The van der Waals surface area contributed by atoms with Crippen LogP contribution in [-0.4, -0.2) is 41.5 Å². The third-order valence-electron chi connectivity index (χ3n) is 3.66. The van der Waals surface area contributed by atoms with Gasteiger partial charge >= 0.3 is 0 Å². The van der Waals surface area contributed by atoms with Crippen molar-refractivity contribution >= 4 is 5.82 Å². The fraction of sp³-hybridized carbons (Fsp3) is 0.714. The van der Waals surface area contributed by atoms with Crippen LogP contribution >= 0.6 is 0 Å². The zero-order valence-electron chi connectivity index (χ0n) is 11.7. The average molecular weight is 248 g/mol. The monoisotopic (exact) mass is 248 g/mol. The summed E-state index contributed by atoms with van der Waals surface area (Å²) in [5.74, 6) is 2.66. The smallest absolute Gasteiger partial charge is 0.132 e. The Kier molecular flexibility index (Phi) is 4.53. The molecular formula is C14H24N4. The van der Waals surface area contributed by atoms with Crippen LogP contribution in [0.1, 0.15) is 30.7 Å². The number of rotatable bonds is 4. The normalized spacial score (nSPS) is 20.9. The molecule has 4 heteroatoms. The molecule has 0 spiro atoms. The van der Waals surface area contributed by atoms with Gasteiger partial charge in [0, 0.05) is 24.8 Å². The third kappa shape index (κ3) is 3.67. The van der Waals surface area contributed by atoms with E-state index in [1.807, 2.05) is 13.1 Å². The van der Waals surface area contributed by atoms with Gasteiger partial charge in [0.1, 0.15) is 11.6 Å². The minimum absolute atomic E-state index is 0.833. The largest absolute Gasteiger partial charge is 0.370 e. The van der Waals surface area contributed by atoms with Crippen LogP contribution in [0.3, 0.4) is 0 Å². The molecule has 2 rings (SSSR count). The SMILES string of the molecule is Cc1ncc(C)c(NCC[C@@H]2CCCN(C)C2)n1. The van der Waals surface area contributed by atoms with Crippen LogP contribution < -0.4 is 5.32 Å². The Morgan fingerprint density at radius 3 is 3.06 bits per heavy atom. The van der Waals surface area contributed by atoms with E-state index in [4.69, 9.17) is 0 Å². The molecule has 18 heavy (non-hydrogen) atoms. The van der Waals surface area contributed by atoms with Crippen molar-refractivity contribution in [2.45, 2.75) is 33.1 Å². The molecule has 1 fully saturated rings. The fourth-order valence-electron chi connectivity index (χ4n) is 2.61. The lowest BCUT2D eigenvalue weighted by Crippen LogP contribution is -2.32. The van der Waals surface area contributed by atoms with Crippen molar-refractivity contribution in [3.63, 3.8) is 0 Å². The summed E-state index contributed by atoms with van der Waals surface area (Å²) < 4.78 is 0. The Balaban J connectivity index is 1.79. The Bertz CT molecular complexity index is 391. The lowest BCUT2D eigenvalue weighted by molar-refractivity contribution is 0.205. The van der Waals surface area contributed by atoms with Gasteiger partial charge in [-0.05, 0) is 52.6 Å². The Morgan fingerprint density at radius 2 is 2.28 bits per heavy atom. The number of aryl methyl sites for hydroxylation is 2. The molecule has 0 saturated carbocycles. The number of hydrogen-bond acceptors (Lipinski definition) is 4. The standard InChI is InChI=1S/C14H24N4/c1-11-9-16-12(2)17-14(11)15-7-6-13-5-4-8-18(3)10-13/h9,13H,4-8,10H2,1-3H3,(H,15,16,17)/t13-/m0/s1. The third-order valence-corrected chi connectivity index (χ3v) is 3.66. The van der Waals surface area contributed by atoms with E-state index in [2.05, 4.69) is 34.2 Å². The highest BCUT2D eigenvalue weighted by molar-refractivity contribution is 5.41. The summed E-state index contributed by atoms with van der Waals surface area (Å²) in [5, 5.41) is 3.45. The fourth-order valence-corrected chi connectivity index (χ4v) is 2.61. The molecule has 2 heterocycles. The van der Waals surface area contributed by atoms with Crippen molar-refractivity contribution < 1.29 is 0 Å². The molecule has 0 unspecified atom stereocenters. The van der Waals surface area contributed by atoms with Gasteiger partial charge in [-0.2, -0.15) is 0 Å². The summed E-state index contributed by atoms with van der Waals surface area (Å²) in [6.07, 6.45) is 5.83. The highest BCUT2D eigenvalue weighted by atomic mass is 15.1. The second kappa shape index (κ2) is 6.14. The van der Waals surface area contributed by atoms with Gasteiger partial charge in [0.15, 0.2) is 0 Å². The van der Waals surface area contributed by atoms with Crippen molar-refractivity contribution in [2.75, 3.05) is 32.0 Å². The molecule has 1 atom stereocenters. The van der Waals surface area contributed by atoms with Gasteiger partial charge in [0.25, 0.3) is 0 Å². The maximum absolute atomic E-state index is 4.44. The summed E-state index contributed by atoms with van der Waals surface area (Å²) in [4.78, 5) is 11.1. The molecule has 0 radical (unpaired) electrons. The van der Waals surface area contributed by atoms with Crippen LogP contribution in [0, 0.1) is 19.8 Å². The van der Waals surface area contributed by atoms with Crippen molar-refractivity contribution in [2.24, 2.45) is 5.92 Å². The Hall–Kier alpha value is -1.16. The van der Waals surface area contributed by atoms with Crippen molar-refractivity contribution in [1.29, 1.82) is 0 Å². The second-order valence-corrected chi connectivity index (χ2v) is 5.43. The molecular weight excluding hydrogens is 224 g/mol. The van der Waals surface area contributed by atoms with Crippen molar-refractivity contribution in [1.82, 2.24) is 14.9 Å². The van der Waals surface area contributed by atoms with Gasteiger partial charge < -0.3 is 10.2 Å². The first-order chi connectivity index (χ1) is 8.65. The van der Waals surface area contributed by atoms with E-state index in [0.717, 1.165) is 29.7 Å². The highest BCUT2D eigenvalue weighted by Crippen LogP contribution is 2.18. The summed E-state index contributed by atoms with van der Waals surface area (Å²) in [7, 11) is 2.22. The van der Waals surface area contributed by atoms with Crippen LogP contribution in [-0.2, 0) is 0 Å². The Morgan fingerprint density at radius 1 is 1.44 bits per heavy atom. The van der Waals surface area contributed by atoms with Crippen molar-refractivity contribution in [3.05, 3.63) is 17.6 Å². The highest BCUT2D eigenvalue weighted by Gasteiger charge is 2.16. The maximum Gasteiger partial charge on any atom is 0.132 e. The van der Waals surface area contributed by atoms with E-state index in [-0.39, 0.29) is 0 Å². The molecule has 1 aliphatic heterocycles. The van der Waals surface area contributed by atoms with Crippen LogP contribution in [0.4, 0.5) is 5.82 Å². The molecule has 100 valence electrons. The molecule has 0 aromatic carbocycles. The molecule has 0 aliphatic carbocycles. The van der Waals surface area contributed by atoms with Crippen LogP contribution in [0.5, 0.6) is 0 Å². The van der Waals surface area contributed by atoms with Gasteiger partial charge in [-0.1, -0.05) is 0 Å². The quantitative estimate of drug-likeness (QED) is 0.887. The minimum atomic E-state index is 0.833. The van der Waals surface area contributed by atoms with E-state index < -0.39 is 0 Å². The Labute approximate surface area is 110 Å². The van der Waals surface area contributed by atoms with E-state index in [9.17, 15) is 0 Å². The van der Waals surface area contributed by atoms with Gasteiger partial charge in [0.2, 0.25) is 0 Å². The number of nitrogens with zero attached hydrogens (tertiary/aromatic N) is 3. The van der Waals surface area contributed by atoms with Gasteiger partial charge in [-0.15, -0.1) is 0 Å². The lowest BCUT2D eigenvalue weighted by atomic mass is 9.95. The number of likely N-dealkylation sites (tertiary alicyclic amines) is 1. The van der Waals surface area contributed by atoms with Crippen LogP contribution in [0.15, 0.2) is 6.20 Å². The first-order valence-electron chi connectivity index (χ1n) is 6.88. The first kappa shape index (κ1) is 13.3. The zero-order chi connectivity index (χ0) is 13.0. The molecule has 1 N–H and O–H groups in total. The first-order valence-corrected chi connectivity index (χ1v) is 6.88. The van der Waals surface area contributed by atoms with E-state index in [1.165, 1.54) is 32.4 Å². The molecule has 1 saturated heterocycles. The minimum Gasteiger partial charge on any atom is -0.370 e. The molecule has 0 amide bonds. The summed E-state index contributed by atoms with van der Waals surface area (Å²) >= 11 is 0. The number of nitrogens with one attached hydrogen (secondary N) is 1. The summed E-state index contributed by atoms with van der Waals surface area (Å²) in [5.41, 5.74) is 1.13. The molecule has 1 aliphatic rings. The summed E-state index contributed by atoms with van der Waals surface area (Å²) in [6.45, 7) is 7.49. The van der Waals surface area contributed by atoms with Crippen LogP contribution in [0.25, 0.3) is 0 Å². The molecule has 1 aromatic rings.